The quantitative estimate of drug-likeness (QED) is 0.760. The highest BCUT2D eigenvalue weighted by Crippen LogP contribution is 2.26. The van der Waals surface area contributed by atoms with Crippen LogP contribution in [0.2, 0.25) is 0 Å². The molecule has 0 spiro atoms. The summed E-state index contributed by atoms with van der Waals surface area (Å²) in [5.74, 6) is -0.607. The summed E-state index contributed by atoms with van der Waals surface area (Å²) in [4.78, 5) is 28.1. The number of amides is 1. The molecular formula is C19H16F3N3O2. The van der Waals surface area contributed by atoms with E-state index in [4.69, 9.17) is 0 Å². The predicted molar refractivity (Wildman–Crippen MR) is 95.6 cm³/mol. The molecule has 1 aromatic heterocycles. The minimum Gasteiger partial charge on any atom is -0.325 e. The van der Waals surface area contributed by atoms with Crippen molar-refractivity contribution < 1.29 is 18.0 Å². The smallest absolute Gasteiger partial charge is 0.325 e. The third-order valence-electron chi connectivity index (χ3n) is 4.21. The van der Waals surface area contributed by atoms with Gasteiger partial charge in [0.1, 0.15) is 6.54 Å². The lowest BCUT2D eigenvalue weighted by Gasteiger charge is -2.14. The first-order valence-corrected chi connectivity index (χ1v) is 8.10. The van der Waals surface area contributed by atoms with Crippen LogP contribution in [0.25, 0.3) is 11.0 Å². The van der Waals surface area contributed by atoms with Crippen molar-refractivity contribution >= 4 is 22.6 Å². The summed E-state index contributed by atoms with van der Waals surface area (Å²) in [5, 5.41) is 2.61. The number of nitrogens with one attached hydrogen (secondary N) is 1. The fraction of sp³-hybridized carbons (Fsp3) is 0.211. The van der Waals surface area contributed by atoms with Crippen LogP contribution in [0.3, 0.4) is 0 Å². The molecule has 1 N–H and O–H groups in total. The topological polar surface area (TPSA) is 64.0 Å². The molecule has 0 fully saturated rings. The molecule has 8 heteroatoms. The largest absolute Gasteiger partial charge is 0.438 e. The van der Waals surface area contributed by atoms with Gasteiger partial charge in [0.15, 0.2) is 0 Å². The van der Waals surface area contributed by atoms with Crippen molar-refractivity contribution in [2.45, 2.75) is 26.6 Å². The van der Waals surface area contributed by atoms with E-state index in [9.17, 15) is 22.8 Å². The predicted octanol–water partition coefficient (Wildman–Crippen LogP) is 3.67. The Morgan fingerprint density at radius 1 is 1.11 bits per heavy atom. The number of aromatic nitrogens is 2. The number of carbonyl (C=O) groups is 1. The molecule has 0 aliphatic rings. The van der Waals surface area contributed by atoms with Crippen LogP contribution in [0.15, 0.2) is 47.3 Å². The van der Waals surface area contributed by atoms with E-state index in [-0.39, 0.29) is 11.0 Å². The highest BCUT2D eigenvalue weighted by molar-refractivity contribution is 5.91. The Bertz CT molecular complexity index is 1090. The number of aryl methyl sites for hydroxylation is 2. The summed E-state index contributed by atoms with van der Waals surface area (Å²) < 4.78 is 40.2. The summed E-state index contributed by atoms with van der Waals surface area (Å²) in [5.41, 5.74) is -0.242. The Balaban J connectivity index is 2.00. The van der Waals surface area contributed by atoms with Crippen molar-refractivity contribution in [3.63, 3.8) is 0 Å². The number of carbonyl (C=O) groups excluding carboxylic acids is 1. The van der Waals surface area contributed by atoms with E-state index in [1.165, 1.54) is 18.2 Å². The molecule has 1 amide bonds. The van der Waals surface area contributed by atoms with E-state index in [1.54, 1.807) is 18.2 Å². The molecule has 0 bridgehead atoms. The molecule has 0 atom stereocenters. The third kappa shape index (κ3) is 3.84. The highest BCUT2D eigenvalue weighted by Gasteiger charge is 2.37. The third-order valence-corrected chi connectivity index (χ3v) is 4.21. The molecule has 0 radical (unpaired) electrons. The van der Waals surface area contributed by atoms with Crippen molar-refractivity contribution in [1.29, 1.82) is 0 Å². The van der Waals surface area contributed by atoms with Crippen LogP contribution in [0.5, 0.6) is 0 Å². The Morgan fingerprint density at radius 2 is 1.81 bits per heavy atom. The number of alkyl halides is 3. The van der Waals surface area contributed by atoms with E-state index in [2.05, 4.69) is 10.3 Å². The van der Waals surface area contributed by atoms with E-state index >= 15 is 0 Å². The van der Waals surface area contributed by atoms with Crippen molar-refractivity contribution in [2.75, 3.05) is 5.32 Å². The van der Waals surface area contributed by atoms with Gasteiger partial charge in [-0.3, -0.25) is 14.2 Å². The molecule has 0 aliphatic carbocycles. The van der Waals surface area contributed by atoms with Gasteiger partial charge >= 0.3 is 6.18 Å². The maximum atomic E-state index is 13.1. The molecule has 3 rings (SSSR count). The number of fused-ring (bicyclic) bond motifs is 1. The zero-order valence-corrected chi connectivity index (χ0v) is 14.6. The molecule has 5 nitrogen and oxygen atoms in total. The van der Waals surface area contributed by atoms with Gasteiger partial charge in [-0.05, 0) is 49.2 Å². The first-order chi connectivity index (χ1) is 12.7. The molecule has 27 heavy (non-hydrogen) atoms. The summed E-state index contributed by atoms with van der Waals surface area (Å²) in [6.45, 7) is 3.24. The number of hydrogen-bond acceptors (Lipinski definition) is 3. The molecule has 0 aliphatic heterocycles. The Kier molecular flexibility index (Phi) is 4.73. The average molecular weight is 375 g/mol. The zero-order chi connectivity index (χ0) is 19.8. The Hall–Kier alpha value is -3.16. The molecule has 1 heterocycles. The zero-order valence-electron chi connectivity index (χ0n) is 14.6. The maximum Gasteiger partial charge on any atom is 0.438 e. The highest BCUT2D eigenvalue weighted by atomic mass is 19.4. The SMILES string of the molecule is Cc1ccc(NC(=O)Cn2c(=O)c(C(F)(F)F)nc3ccccc32)cc1C. The molecule has 0 saturated carbocycles. The monoisotopic (exact) mass is 375 g/mol. The van der Waals surface area contributed by atoms with Crippen LogP contribution in [0.1, 0.15) is 16.8 Å². The number of nitrogens with zero attached hydrogens (tertiary/aromatic N) is 2. The van der Waals surface area contributed by atoms with Gasteiger partial charge in [0.05, 0.1) is 11.0 Å². The van der Waals surface area contributed by atoms with E-state index < -0.39 is 29.9 Å². The van der Waals surface area contributed by atoms with Crippen LogP contribution in [0.4, 0.5) is 18.9 Å². The lowest BCUT2D eigenvalue weighted by molar-refractivity contribution is -0.142. The summed E-state index contributed by atoms with van der Waals surface area (Å²) in [7, 11) is 0. The minimum absolute atomic E-state index is 0.0107. The number of rotatable bonds is 3. The van der Waals surface area contributed by atoms with Crippen LogP contribution < -0.4 is 10.9 Å². The summed E-state index contributed by atoms with van der Waals surface area (Å²) >= 11 is 0. The van der Waals surface area contributed by atoms with Crippen LogP contribution >= 0.6 is 0 Å². The van der Waals surface area contributed by atoms with Gasteiger partial charge in [-0.2, -0.15) is 13.2 Å². The van der Waals surface area contributed by atoms with Gasteiger partial charge in [-0.1, -0.05) is 18.2 Å². The van der Waals surface area contributed by atoms with Gasteiger partial charge in [-0.25, -0.2) is 4.98 Å². The molecule has 140 valence electrons. The minimum atomic E-state index is -4.91. The average Bonchev–Trinajstić information content (AvgIpc) is 2.59. The number of para-hydroxylation sites is 2. The Morgan fingerprint density at radius 3 is 2.48 bits per heavy atom. The van der Waals surface area contributed by atoms with Gasteiger partial charge in [0.2, 0.25) is 11.6 Å². The fourth-order valence-electron chi connectivity index (χ4n) is 2.70. The second-order valence-corrected chi connectivity index (χ2v) is 6.19. The van der Waals surface area contributed by atoms with E-state index in [1.807, 2.05) is 19.9 Å². The second kappa shape index (κ2) is 6.86. The molecule has 2 aromatic carbocycles. The van der Waals surface area contributed by atoms with Crippen molar-refractivity contribution in [3.05, 3.63) is 69.6 Å². The summed E-state index contributed by atoms with van der Waals surface area (Å²) in [6, 6.07) is 11.2. The molecule has 0 unspecified atom stereocenters. The molecule has 0 saturated heterocycles. The normalized spacial score (nSPS) is 11.6. The number of benzene rings is 2. The van der Waals surface area contributed by atoms with Crippen LogP contribution in [-0.4, -0.2) is 15.5 Å². The lowest BCUT2D eigenvalue weighted by atomic mass is 10.1. The number of hydrogen-bond donors (Lipinski definition) is 1. The standard InChI is InChI=1S/C19H16F3N3O2/c1-11-7-8-13(9-12(11)2)23-16(26)10-25-15-6-4-3-5-14(15)24-17(18(25)27)19(20,21)22/h3-9H,10H2,1-2H3,(H,23,26). The van der Waals surface area contributed by atoms with Crippen LogP contribution in [0, 0.1) is 13.8 Å². The number of anilines is 1. The van der Waals surface area contributed by atoms with Crippen molar-refractivity contribution in [3.8, 4) is 0 Å². The first kappa shape index (κ1) is 18.6. The van der Waals surface area contributed by atoms with Gasteiger partial charge in [-0.15, -0.1) is 0 Å². The van der Waals surface area contributed by atoms with Gasteiger partial charge < -0.3 is 5.32 Å². The first-order valence-electron chi connectivity index (χ1n) is 8.10. The lowest BCUT2D eigenvalue weighted by Crippen LogP contribution is -2.34. The Labute approximate surface area is 152 Å². The molecule has 3 aromatic rings. The summed E-state index contributed by atoms with van der Waals surface area (Å²) in [6.07, 6.45) is -4.91. The van der Waals surface area contributed by atoms with Crippen molar-refractivity contribution in [2.24, 2.45) is 0 Å². The molecular weight excluding hydrogens is 359 g/mol. The van der Waals surface area contributed by atoms with Crippen LogP contribution in [-0.2, 0) is 17.5 Å². The second-order valence-electron chi connectivity index (χ2n) is 6.19. The van der Waals surface area contributed by atoms with Gasteiger partial charge in [0.25, 0.3) is 5.56 Å². The van der Waals surface area contributed by atoms with Gasteiger partial charge in [0, 0.05) is 5.69 Å². The maximum absolute atomic E-state index is 13.1. The van der Waals surface area contributed by atoms with E-state index in [0.717, 1.165) is 15.7 Å². The number of halogens is 3. The van der Waals surface area contributed by atoms with E-state index in [0.29, 0.717) is 5.69 Å². The van der Waals surface area contributed by atoms with Crippen molar-refractivity contribution in [1.82, 2.24) is 9.55 Å². The fourth-order valence-corrected chi connectivity index (χ4v) is 2.70.